The van der Waals surface area contributed by atoms with E-state index in [0.29, 0.717) is 31.7 Å². The van der Waals surface area contributed by atoms with Crippen molar-refractivity contribution in [2.75, 3.05) is 26.2 Å². The van der Waals surface area contributed by atoms with Gasteiger partial charge in [0, 0.05) is 51.7 Å². The number of carbonyl (C=O) groups excluding carboxylic acids is 2. The molecule has 0 aliphatic carbocycles. The highest BCUT2D eigenvalue weighted by Crippen LogP contribution is 2.10. The molecule has 0 saturated carbocycles. The number of fused-ring (bicyclic) bond motifs is 1. The first-order valence-corrected chi connectivity index (χ1v) is 6.62. The van der Waals surface area contributed by atoms with Crippen molar-refractivity contribution < 1.29 is 9.59 Å². The Morgan fingerprint density at radius 1 is 1.10 bits per heavy atom. The van der Waals surface area contributed by atoms with Gasteiger partial charge in [0.2, 0.25) is 5.91 Å². The first kappa shape index (κ1) is 12.7. The SMILES string of the molecule is CC(=O)N1CCN(C(=O)c2ccc3nccn3c2)CC1. The molecule has 0 N–H and O–H groups in total. The van der Waals surface area contributed by atoms with Crippen LogP contribution >= 0.6 is 0 Å². The van der Waals surface area contributed by atoms with Crippen molar-refractivity contribution >= 4 is 17.5 Å². The molecule has 20 heavy (non-hydrogen) atoms. The van der Waals surface area contributed by atoms with E-state index in [1.54, 1.807) is 35.2 Å². The number of aromatic nitrogens is 2. The molecule has 0 spiro atoms. The second-order valence-electron chi connectivity index (χ2n) is 4.91. The Labute approximate surface area is 116 Å². The summed E-state index contributed by atoms with van der Waals surface area (Å²) in [6.45, 7) is 3.94. The summed E-state index contributed by atoms with van der Waals surface area (Å²) in [6, 6.07) is 3.63. The van der Waals surface area contributed by atoms with Gasteiger partial charge in [0.15, 0.2) is 0 Å². The summed E-state index contributed by atoms with van der Waals surface area (Å²) in [5, 5.41) is 0. The summed E-state index contributed by atoms with van der Waals surface area (Å²) in [5.41, 5.74) is 1.47. The van der Waals surface area contributed by atoms with Gasteiger partial charge in [0.1, 0.15) is 5.65 Å². The second kappa shape index (κ2) is 4.96. The van der Waals surface area contributed by atoms with Crippen LogP contribution in [-0.2, 0) is 4.79 Å². The number of amides is 2. The van der Waals surface area contributed by atoms with Gasteiger partial charge in [-0.2, -0.15) is 0 Å². The van der Waals surface area contributed by atoms with Gasteiger partial charge >= 0.3 is 0 Å². The van der Waals surface area contributed by atoms with Gasteiger partial charge in [-0.1, -0.05) is 0 Å². The van der Waals surface area contributed by atoms with Crippen molar-refractivity contribution in [3.05, 3.63) is 36.3 Å². The summed E-state index contributed by atoms with van der Waals surface area (Å²) < 4.78 is 1.83. The fourth-order valence-corrected chi connectivity index (χ4v) is 2.45. The third kappa shape index (κ3) is 2.24. The predicted octanol–water partition coefficient (Wildman–Crippen LogP) is 0.639. The number of carbonyl (C=O) groups is 2. The maximum absolute atomic E-state index is 12.4. The molecule has 0 radical (unpaired) electrons. The first-order valence-electron chi connectivity index (χ1n) is 6.62. The number of hydrogen-bond acceptors (Lipinski definition) is 3. The van der Waals surface area contributed by atoms with Gasteiger partial charge < -0.3 is 14.2 Å². The average molecular weight is 272 g/mol. The molecule has 0 aromatic carbocycles. The molecule has 3 rings (SSSR count). The molecule has 6 heteroatoms. The van der Waals surface area contributed by atoms with Crippen molar-refractivity contribution in [1.82, 2.24) is 19.2 Å². The first-order chi connectivity index (χ1) is 9.65. The molecule has 104 valence electrons. The summed E-state index contributed by atoms with van der Waals surface area (Å²) in [4.78, 5) is 31.4. The quantitative estimate of drug-likeness (QED) is 0.765. The summed E-state index contributed by atoms with van der Waals surface area (Å²) in [7, 11) is 0. The molecule has 0 bridgehead atoms. The van der Waals surface area contributed by atoms with Crippen molar-refractivity contribution in [3.8, 4) is 0 Å². The van der Waals surface area contributed by atoms with Crippen LogP contribution in [0.1, 0.15) is 17.3 Å². The molecule has 2 aromatic heterocycles. The minimum atomic E-state index is 0.00352. The van der Waals surface area contributed by atoms with Crippen molar-refractivity contribution in [2.24, 2.45) is 0 Å². The van der Waals surface area contributed by atoms with Crippen LogP contribution in [0.2, 0.25) is 0 Å². The number of imidazole rings is 1. The Balaban J connectivity index is 1.74. The topological polar surface area (TPSA) is 57.9 Å². The van der Waals surface area contributed by atoms with E-state index in [1.807, 2.05) is 16.7 Å². The largest absolute Gasteiger partial charge is 0.339 e. The lowest BCUT2D eigenvalue weighted by atomic mass is 10.2. The molecule has 2 amide bonds. The third-order valence-corrected chi connectivity index (χ3v) is 3.65. The highest BCUT2D eigenvalue weighted by molar-refractivity contribution is 5.94. The molecular formula is C14H16N4O2. The second-order valence-corrected chi connectivity index (χ2v) is 4.91. The van der Waals surface area contributed by atoms with Gasteiger partial charge in [-0.3, -0.25) is 9.59 Å². The molecule has 1 aliphatic rings. The number of pyridine rings is 1. The highest BCUT2D eigenvalue weighted by atomic mass is 16.2. The van der Waals surface area contributed by atoms with Gasteiger partial charge in [0.25, 0.3) is 5.91 Å². The fraction of sp³-hybridized carbons (Fsp3) is 0.357. The third-order valence-electron chi connectivity index (χ3n) is 3.65. The maximum Gasteiger partial charge on any atom is 0.255 e. The van der Waals surface area contributed by atoms with Crippen LogP contribution in [0.25, 0.3) is 5.65 Å². The monoisotopic (exact) mass is 272 g/mol. The Morgan fingerprint density at radius 2 is 1.80 bits per heavy atom. The summed E-state index contributed by atoms with van der Waals surface area (Å²) in [5.74, 6) is 0.0701. The van der Waals surface area contributed by atoms with Gasteiger partial charge in [-0.05, 0) is 12.1 Å². The Hall–Kier alpha value is -2.37. The van der Waals surface area contributed by atoms with E-state index in [1.165, 1.54) is 0 Å². The lowest BCUT2D eigenvalue weighted by molar-refractivity contribution is -0.130. The molecular weight excluding hydrogens is 256 g/mol. The van der Waals surface area contributed by atoms with Crippen LogP contribution in [0.3, 0.4) is 0 Å². The van der Waals surface area contributed by atoms with E-state index in [0.717, 1.165) is 5.65 Å². The van der Waals surface area contributed by atoms with E-state index in [4.69, 9.17) is 0 Å². The van der Waals surface area contributed by atoms with Crippen molar-refractivity contribution in [2.45, 2.75) is 6.92 Å². The lowest BCUT2D eigenvalue weighted by Crippen LogP contribution is -2.50. The van der Waals surface area contributed by atoms with Gasteiger partial charge in [-0.25, -0.2) is 4.98 Å². The molecule has 0 atom stereocenters. The van der Waals surface area contributed by atoms with Gasteiger partial charge in [-0.15, -0.1) is 0 Å². The minimum Gasteiger partial charge on any atom is -0.339 e. The van der Waals surface area contributed by atoms with Crippen LogP contribution in [0, 0.1) is 0 Å². The molecule has 1 aliphatic heterocycles. The molecule has 3 heterocycles. The summed E-state index contributed by atoms with van der Waals surface area (Å²) >= 11 is 0. The smallest absolute Gasteiger partial charge is 0.255 e. The van der Waals surface area contributed by atoms with Crippen LogP contribution in [0.5, 0.6) is 0 Å². The molecule has 1 saturated heterocycles. The highest BCUT2D eigenvalue weighted by Gasteiger charge is 2.23. The minimum absolute atomic E-state index is 0.00352. The zero-order valence-corrected chi connectivity index (χ0v) is 11.3. The summed E-state index contributed by atoms with van der Waals surface area (Å²) in [6.07, 6.45) is 5.32. The maximum atomic E-state index is 12.4. The molecule has 2 aromatic rings. The van der Waals surface area contributed by atoms with E-state index < -0.39 is 0 Å². The Bertz CT molecular complexity index is 656. The van der Waals surface area contributed by atoms with E-state index in [-0.39, 0.29) is 11.8 Å². The number of hydrogen-bond donors (Lipinski definition) is 0. The van der Waals surface area contributed by atoms with Crippen LogP contribution in [0.15, 0.2) is 30.7 Å². The zero-order chi connectivity index (χ0) is 14.1. The Kier molecular flexibility index (Phi) is 3.14. The molecule has 1 fully saturated rings. The van der Waals surface area contributed by atoms with Crippen LogP contribution in [-0.4, -0.2) is 57.2 Å². The fourth-order valence-electron chi connectivity index (χ4n) is 2.45. The van der Waals surface area contributed by atoms with Gasteiger partial charge in [0.05, 0.1) is 5.56 Å². The van der Waals surface area contributed by atoms with Crippen LogP contribution in [0.4, 0.5) is 0 Å². The lowest BCUT2D eigenvalue weighted by Gasteiger charge is -2.34. The normalized spacial score (nSPS) is 15.7. The van der Waals surface area contributed by atoms with Crippen molar-refractivity contribution in [3.63, 3.8) is 0 Å². The molecule has 6 nitrogen and oxygen atoms in total. The molecule has 0 unspecified atom stereocenters. The number of nitrogens with zero attached hydrogens (tertiary/aromatic N) is 4. The van der Waals surface area contributed by atoms with Crippen molar-refractivity contribution in [1.29, 1.82) is 0 Å². The van der Waals surface area contributed by atoms with E-state index >= 15 is 0 Å². The average Bonchev–Trinajstić information content (AvgIpc) is 2.94. The standard InChI is InChI=1S/C14H16N4O2/c1-11(19)16-6-8-17(9-7-16)14(20)12-2-3-13-15-4-5-18(13)10-12/h2-5,10H,6-9H2,1H3. The van der Waals surface area contributed by atoms with E-state index in [2.05, 4.69) is 4.98 Å². The Morgan fingerprint density at radius 3 is 2.50 bits per heavy atom. The number of rotatable bonds is 1. The van der Waals surface area contributed by atoms with E-state index in [9.17, 15) is 9.59 Å². The predicted molar refractivity (Wildman–Crippen MR) is 73.3 cm³/mol. The number of piperazine rings is 1. The van der Waals surface area contributed by atoms with Crippen LogP contribution < -0.4 is 0 Å². The zero-order valence-electron chi connectivity index (χ0n) is 11.3.